The molecule has 0 spiro atoms. The number of benzene rings is 1. The quantitative estimate of drug-likeness (QED) is 0.626. The summed E-state index contributed by atoms with van der Waals surface area (Å²) in [5.74, 6) is 0.529. The molecular formula is C17H19N5O2S. The smallest absolute Gasteiger partial charge is 0.251 e. The first-order valence-corrected chi connectivity index (χ1v) is 8.70. The number of hydrogen-bond acceptors (Lipinski definition) is 6. The molecule has 2 heterocycles. The minimum Gasteiger partial charge on any atom is -0.487 e. The highest BCUT2D eigenvalue weighted by Crippen LogP contribution is 2.16. The summed E-state index contributed by atoms with van der Waals surface area (Å²) >= 11 is 1.17. The number of amides is 1. The van der Waals surface area contributed by atoms with Gasteiger partial charge in [0.05, 0.1) is 23.7 Å². The van der Waals surface area contributed by atoms with Crippen LogP contribution in [-0.4, -0.2) is 30.8 Å². The summed E-state index contributed by atoms with van der Waals surface area (Å²) in [4.78, 5) is 16.2. The fraction of sp³-hybridized carbons (Fsp3) is 0.294. The van der Waals surface area contributed by atoms with Crippen LogP contribution >= 0.6 is 11.7 Å². The number of aryl methyl sites for hydroxylation is 2. The number of carbonyl (C=O) groups is 1. The van der Waals surface area contributed by atoms with Crippen LogP contribution in [-0.2, 0) is 13.2 Å². The Bertz CT molecular complexity index is 816. The average molecular weight is 357 g/mol. The maximum atomic E-state index is 12.2. The van der Waals surface area contributed by atoms with Gasteiger partial charge < -0.3 is 14.6 Å². The molecule has 0 saturated heterocycles. The number of aromatic nitrogens is 4. The summed E-state index contributed by atoms with van der Waals surface area (Å²) in [5.41, 5.74) is 2.27. The maximum absolute atomic E-state index is 12.2. The van der Waals surface area contributed by atoms with E-state index in [9.17, 15) is 4.79 Å². The van der Waals surface area contributed by atoms with Crippen LogP contribution in [0.5, 0.6) is 5.75 Å². The molecule has 25 heavy (non-hydrogen) atoms. The monoisotopic (exact) mass is 357 g/mol. The van der Waals surface area contributed by atoms with E-state index in [2.05, 4.69) is 19.0 Å². The van der Waals surface area contributed by atoms with Crippen LogP contribution in [0.15, 0.2) is 43.0 Å². The molecule has 0 unspecified atom stereocenters. The van der Waals surface area contributed by atoms with E-state index in [0.29, 0.717) is 24.5 Å². The van der Waals surface area contributed by atoms with E-state index in [1.165, 1.54) is 11.7 Å². The van der Waals surface area contributed by atoms with Crippen LogP contribution in [0.25, 0.3) is 0 Å². The molecule has 130 valence electrons. The van der Waals surface area contributed by atoms with E-state index in [4.69, 9.17) is 4.74 Å². The van der Waals surface area contributed by atoms with E-state index in [-0.39, 0.29) is 5.91 Å². The molecule has 0 atom stereocenters. The highest BCUT2D eigenvalue weighted by molar-refractivity contribution is 6.99. The Hall–Kier alpha value is -2.74. The number of nitrogens with one attached hydrogen (secondary N) is 1. The van der Waals surface area contributed by atoms with Crippen molar-refractivity contribution in [2.24, 2.45) is 0 Å². The van der Waals surface area contributed by atoms with Gasteiger partial charge in [-0.15, -0.1) is 0 Å². The van der Waals surface area contributed by atoms with E-state index in [1.54, 1.807) is 24.7 Å². The van der Waals surface area contributed by atoms with Gasteiger partial charge in [-0.1, -0.05) is 6.07 Å². The van der Waals surface area contributed by atoms with Crippen molar-refractivity contribution in [2.75, 3.05) is 6.54 Å². The second-order valence-electron chi connectivity index (χ2n) is 5.52. The Morgan fingerprint density at radius 2 is 2.28 bits per heavy atom. The number of rotatable bonds is 8. The summed E-state index contributed by atoms with van der Waals surface area (Å²) in [6.45, 7) is 3.67. The topological polar surface area (TPSA) is 81.9 Å². The summed E-state index contributed by atoms with van der Waals surface area (Å²) < 4.78 is 16.0. The van der Waals surface area contributed by atoms with Gasteiger partial charge in [0.2, 0.25) is 0 Å². The van der Waals surface area contributed by atoms with Gasteiger partial charge in [0.15, 0.2) is 0 Å². The molecule has 1 aromatic carbocycles. The largest absolute Gasteiger partial charge is 0.487 e. The van der Waals surface area contributed by atoms with E-state index >= 15 is 0 Å². The Morgan fingerprint density at radius 3 is 3.04 bits per heavy atom. The molecule has 2 aromatic heterocycles. The fourth-order valence-corrected chi connectivity index (χ4v) is 2.80. The second kappa shape index (κ2) is 8.39. The number of imidazole rings is 1. The predicted molar refractivity (Wildman–Crippen MR) is 94.6 cm³/mol. The maximum Gasteiger partial charge on any atom is 0.251 e. The van der Waals surface area contributed by atoms with Crippen LogP contribution in [0.4, 0.5) is 0 Å². The highest BCUT2D eigenvalue weighted by Gasteiger charge is 2.08. The summed E-state index contributed by atoms with van der Waals surface area (Å²) in [6, 6.07) is 7.14. The lowest BCUT2D eigenvalue weighted by Gasteiger charge is -2.08. The van der Waals surface area contributed by atoms with Crippen molar-refractivity contribution < 1.29 is 9.53 Å². The van der Waals surface area contributed by atoms with Gasteiger partial charge in [0, 0.05) is 31.0 Å². The average Bonchev–Trinajstić information content (AvgIpc) is 3.28. The number of carbonyl (C=O) groups excluding carboxylic acids is 1. The van der Waals surface area contributed by atoms with Crippen LogP contribution in [0.2, 0.25) is 0 Å². The molecule has 3 rings (SSSR count). The molecule has 0 fully saturated rings. The van der Waals surface area contributed by atoms with E-state index in [1.807, 2.05) is 29.8 Å². The summed E-state index contributed by atoms with van der Waals surface area (Å²) in [7, 11) is 0. The zero-order valence-corrected chi connectivity index (χ0v) is 14.7. The van der Waals surface area contributed by atoms with Gasteiger partial charge in [-0.2, -0.15) is 8.75 Å². The van der Waals surface area contributed by atoms with Gasteiger partial charge in [-0.05, 0) is 31.5 Å². The van der Waals surface area contributed by atoms with Gasteiger partial charge >= 0.3 is 0 Å². The first-order chi connectivity index (χ1) is 12.2. The lowest BCUT2D eigenvalue weighted by Crippen LogP contribution is -2.25. The van der Waals surface area contributed by atoms with E-state index < -0.39 is 0 Å². The SMILES string of the molecule is Cc1nsnc1COc1cccc(C(=O)NCCCn2ccnc2)c1. The minimum absolute atomic E-state index is 0.109. The zero-order chi connectivity index (χ0) is 17.5. The molecular weight excluding hydrogens is 338 g/mol. The van der Waals surface area contributed by atoms with Crippen LogP contribution in [0.3, 0.4) is 0 Å². The first-order valence-electron chi connectivity index (χ1n) is 7.97. The van der Waals surface area contributed by atoms with Crippen LogP contribution < -0.4 is 10.1 Å². The molecule has 0 aliphatic rings. The third-order valence-electron chi connectivity index (χ3n) is 3.66. The van der Waals surface area contributed by atoms with Crippen molar-refractivity contribution in [3.8, 4) is 5.75 Å². The molecule has 0 aliphatic heterocycles. The van der Waals surface area contributed by atoms with Crippen molar-refractivity contribution in [3.05, 3.63) is 59.9 Å². The molecule has 3 aromatic rings. The first kappa shape index (κ1) is 17.1. The van der Waals surface area contributed by atoms with Crippen molar-refractivity contribution in [3.63, 3.8) is 0 Å². The summed E-state index contributed by atoms with van der Waals surface area (Å²) in [5, 5.41) is 2.92. The van der Waals surface area contributed by atoms with Crippen molar-refractivity contribution in [2.45, 2.75) is 26.5 Å². The molecule has 7 nitrogen and oxygen atoms in total. The molecule has 0 radical (unpaired) electrons. The lowest BCUT2D eigenvalue weighted by atomic mass is 10.2. The summed E-state index contributed by atoms with van der Waals surface area (Å²) in [6.07, 6.45) is 6.26. The molecule has 0 saturated carbocycles. The van der Waals surface area contributed by atoms with Crippen molar-refractivity contribution >= 4 is 17.6 Å². The molecule has 0 bridgehead atoms. The normalized spacial score (nSPS) is 10.6. The van der Waals surface area contributed by atoms with Gasteiger partial charge in [0.25, 0.3) is 5.91 Å². The lowest BCUT2D eigenvalue weighted by molar-refractivity contribution is 0.0952. The Balaban J connectivity index is 1.48. The number of nitrogens with zero attached hydrogens (tertiary/aromatic N) is 4. The van der Waals surface area contributed by atoms with Gasteiger partial charge in [-0.3, -0.25) is 4.79 Å². The fourth-order valence-electron chi connectivity index (χ4n) is 2.24. The second-order valence-corrected chi connectivity index (χ2v) is 6.05. The minimum atomic E-state index is -0.109. The van der Waals surface area contributed by atoms with Gasteiger partial charge in [0.1, 0.15) is 18.1 Å². The zero-order valence-electron chi connectivity index (χ0n) is 13.9. The Kier molecular flexibility index (Phi) is 5.73. The number of hydrogen-bond donors (Lipinski definition) is 1. The third-order valence-corrected chi connectivity index (χ3v) is 4.31. The molecule has 8 heteroatoms. The Labute approximate surface area is 150 Å². The van der Waals surface area contributed by atoms with Crippen molar-refractivity contribution in [1.82, 2.24) is 23.6 Å². The number of ether oxygens (including phenoxy) is 1. The Morgan fingerprint density at radius 1 is 1.36 bits per heavy atom. The van der Waals surface area contributed by atoms with Gasteiger partial charge in [-0.25, -0.2) is 4.98 Å². The molecule has 0 aliphatic carbocycles. The van der Waals surface area contributed by atoms with Crippen molar-refractivity contribution in [1.29, 1.82) is 0 Å². The molecule has 1 N–H and O–H groups in total. The van der Waals surface area contributed by atoms with Crippen LogP contribution in [0, 0.1) is 6.92 Å². The van der Waals surface area contributed by atoms with Crippen LogP contribution in [0.1, 0.15) is 28.2 Å². The standard InChI is InChI=1S/C17H19N5O2S/c1-13-16(21-25-20-13)11-24-15-5-2-4-14(10-15)17(23)19-6-3-8-22-9-7-18-12-22/h2,4-5,7,9-10,12H,3,6,8,11H2,1H3,(H,19,23). The van der Waals surface area contributed by atoms with E-state index in [0.717, 1.165) is 24.4 Å². The molecule has 1 amide bonds. The third kappa shape index (κ3) is 4.87. The highest BCUT2D eigenvalue weighted by atomic mass is 32.1. The predicted octanol–water partition coefficient (Wildman–Crippen LogP) is 2.44.